The van der Waals surface area contributed by atoms with Gasteiger partial charge in [-0.2, -0.15) is 0 Å². The third kappa shape index (κ3) is 5.60. The minimum absolute atomic E-state index is 0.0145. The average Bonchev–Trinajstić information content (AvgIpc) is 3.11. The number of non-ortho nitro benzene ring substituents is 1. The third-order valence-electron chi connectivity index (χ3n) is 5.21. The van der Waals surface area contributed by atoms with Crippen LogP contribution in [0.2, 0.25) is 0 Å². The lowest BCUT2D eigenvalue weighted by Gasteiger charge is -2.14. The van der Waals surface area contributed by atoms with Gasteiger partial charge in [0.15, 0.2) is 11.5 Å². The monoisotopic (exact) mass is 585 g/mol. The molecule has 1 heterocycles. The van der Waals surface area contributed by atoms with Gasteiger partial charge in [-0.3, -0.25) is 19.8 Å². The number of hydrogen-bond acceptors (Lipinski definition) is 6. The van der Waals surface area contributed by atoms with E-state index >= 15 is 0 Å². The molecule has 1 aliphatic heterocycles. The molecule has 1 saturated heterocycles. The summed E-state index contributed by atoms with van der Waals surface area (Å²) in [6.07, 6.45) is 1.58. The highest BCUT2D eigenvalue weighted by Gasteiger charge is 2.33. The summed E-state index contributed by atoms with van der Waals surface area (Å²) in [5.41, 5.74) is 2.27. The standard InChI is InChI=1S/C25H20IN3O6/c1-34-22-13-18(11-20(26)23(22)35-15-17-8-5-9-19(10-17)29(32)33)12-21-24(30)28(25(31)27-21)14-16-6-3-2-4-7-16/h2-13H,14-15H2,1H3,(H,27,31)/b21-12+. The zero-order valence-electron chi connectivity index (χ0n) is 18.6. The van der Waals surface area contributed by atoms with Crippen LogP contribution in [0, 0.1) is 13.7 Å². The van der Waals surface area contributed by atoms with Crippen molar-refractivity contribution in [2.75, 3.05) is 7.11 Å². The molecule has 3 amide bonds. The second kappa shape index (κ2) is 10.6. The summed E-state index contributed by atoms with van der Waals surface area (Å²) in [5, 5.41) is 13.6. The fourth-order valence-corrected chi connectivity index (χ4v) is 4.31. The number of carbonyl (C=O) groups excluding carboxylic acids is 2. The van der Waals surface area contributed by atoms with E-state index in [1.54, 1.807) is 30.3 Å². The van der Waals surface area contributed by atoms with Crippen LogP contribution in [0.25, 0.3) is 6.08 Å². The molecular weight excluding hydrogens is 565 g/mol. The predicted molar refractivity (Wildman–Crippen MR) is 137 cm³/mol. The first-order chi connectivity index (χ1) is 16.9. The smallest absolute Gasteiger partial charge is 0.329 e. The van der Waals surface area contributed by atoms with Gasteiger partial charge in [-0.05, 0) is 57.5 Å². The van der Waals surface area contributed by atoms with E-state index in [4.69, 9.17) is 9.47 Å². The maximum atomic E-state index is 12.8. The highest BCUT2D eigenvalue weighted by molar-refractivity contribution is 14.1. The van der Waals surface area contributed by atoms with Crippen LogP contribution >= 0.6 is 22.6 Å². The number of methoxy groups -OCH3 is 1. The van der Waals surface area contributed by atoms with Crippen LogP contribution in [0.15, 0.2) is 72.4 Å². The Balaban J connectivity index is 1.53. The number of nitrogens with one attached hydrogen (secondary N) is 1. The molecule has 3 aromatic rings. The Morgan fingerprint density at radius 3 is 2.51 bits per heavy atom. The van der Waals surface area contributed by atoms with E-state index in [2.05, 4.69) is 27.9 Å². The first-order valence-electron chi connectivity index (χ1n) is 10.5. The quantitative estimate of drug-likeness (QED) is 0.133. The Morgan fingerprint density at radius 2 is 1.80 bits per heavy atom. The number of halogens is 1. The zero-order chi connectivity index (χ0) is 24.9. The number of ether oxygens (including phenoxy) is 2. The molecule has 9 nitrogen and oxygen atoms in total. The summed E-state index contributed by atoms with van der Waals surface area (Å²) >= 11 is 2.08. The number of benzene rings is 3. The summed E-state index contributed by atoms with van der Waals surface area (Å²) < 4.78 is 12.1. The van der Waals surface area contributed by atoms with Crippen LogP contribution in [-0.4, -0.2) is 28.9 Å². The molecule has 10 heteroatoms. The van der Waals surface area contributed by atoms with Crippen LogP contribution in [-0.2, 0) is 17.9 Å². The fraction of sp³-hybridized carbons (Fsp3) is 0.120. The summed E-state index contributed by atoms with van der Waals surface area (Å²) in [7, 11) is 1.49. The average molecular weight is 585 g/mol. The lowest BCUT2D eigenvalue weighted by molar-refractivity contribution is -0.384. The molecule has 1 fully saturated rings. The lowest BCUT2D eigenvalue weighted by Crippen LogP contribution is -2.30. The molecule has 35 heavy (non-hydrogen) atoms. The summed E-state index contributed by atoms with van der Waals surface area (Å²) in [6.45, 7) is 0.283. The predicted octanol–water partition coefficient (Wildman–Crippen LogP) is 4.88. The van der Waals surface area contributed by atoms with Crippen molar-refractivity contribution in [1.29, 1.82) is 0 Å². The van der Waals surface area contributed by atoms with Gasteiger partial charge in [-0.25, -0.2) is 4.79 Å². The SMILES string of the molecule is COc1cc(/C=C2/NC(=O)N(Cc3ccccc3)C2=O)cc(I)c1OCc1cccc([N+](=O)[O-])c1. The van der Waals surface area contributed by atoms with Crippen molar-refractivity contribution >= 4 is 46.3 Å². The van der Waals surface area contributed by atoms with Crippen LogP contribution in [0.4, 0.5) is 10.5 Å². The van der Waals surface area contributed by atoms with Gasteiger partial charge in [-0.15, -0.1) is 0 Å². The molecule has 178 valence electrons. The summed E-state index contributed by atoms with van der Waals surface area (Å²) in [6, 6.07) is 18.5. The van der Waals surface area contributed by atoms with Gasteiger partial charge in [0.1, 0.15) is 12.3 Å². The fourth-order valence-electron chi connectivity index (χ4n) is 3.53. The topological polar surface area (TPSA) is 111 Å². The van der Waals surface area contributed by atoms with E-state index in [1.165, 1.54) is 19.2 Å². The van der Waals surface area contributed by atoms with Gasteiger partial charge in [0.25, 0.3) is 11.6 Å². The molecule has 0 radical (unpaired) electrons. The maximum absolute atomic E-state index is 12.8. The number of amides is 3. The van der Waals surface area contributed by atoms with Crippen molar-refractivity contribution in [3.05, 3.63) is 103 Å². The van der Waals surface area contributed by atoms with Gasteiger partial charge >= 0.3 is 6.03 Å². The second-order valence-electron chi connectivity index (χ2n) is 7.61. The van der Waals surface area contributed by atoms with Gasteiger partial charge < -0.3 is 14.8 Å². The van der Waals surface area contributed by atoms with E-state index in [1.807, 2.05) is 30.3 Å². The number of urea groups is 1. The largest absolute Gasteiger partial charge is 0.493 e. The van der Waals surface area contributed by atoms with Crippen molar-refractivity contribution in [3.8, 4) is 11.5 Å². The highest BCUT2D eigenvalue weighted by Crippen LogP contribution is 2.35. The molecule has 0 aliphatic carbocycles. The first-order valence-corrected chi connectivity index (χ1v) is 11.6. The Kier molecular flexibility index (Phi) is 7.30. The number of nitrogens with zero attached hydrogens (tertiary/aromatic N) is 2. The van der Waals surface area contributed by atoms with Crippen molar-refractivity contribution in [2.45, 2.75) is 13.2 Å². The van der Waals surface area contributed by atoms with Crippen LogP contribution < -0.4 is 14.8 Å². The first kappa shape index (κ1) is 24.2. The Labute approximate surface area is 214 Å². The number of hydrogen-bond donors (Lipinski definition) is 1. The molecule has 1 N–H and O–H groups in total. The summed E-state index contributed by atoms with van der Waals surface area (Å²) in [4.78, 5) is 36.9. The van der Waals surface area contributed by atoms with E-state index in [0.717, 1.165) is 10.5 Å². The van der Waals surface area contributed by atoms with Crippen LogP contribution in [0.3, 0.4) is 0 Å². The highest BCUT2D eigenvalue weighted by atomic mass is 127. The molecule has 3 aromatic carbocycles. The van der Waals surface area contributed by atoms with Gasteiger partial charge in [0.2, 0.25) is 0 Å². The van der Waals surface area contributed by atoms with Gasteiger partial charge in [0.05, 0.1) is 22.1 Å². The van der Waals surface area contributed by atoms with E-state index in [0.29, 0.717) is 26.2 Å². The Bertz CT molecular complexity index is 1330. The molecule has 0 unspecified atom stereocenters. The van der Waals surface area contributed by atoms with Crippen LogP contribution in [0.5, 0.6) is 11.5 Å². The number of nitro benzene ring substituents is 1. The number of carbonyl (C=O) groups is 2. The number of rotatable bonds is 8. The van der Waals surface area contributed by atoms with Gasteiger partial charge in [-0.1, -0.05) is 42.5 Å². The van der Waals surface area contributed by atoms with Crippen molar-refractivity contribution in [1.82, 2.24) is 10.2 Å². The molecule has 0 bridgehead atoms. The molecule has 0 saturated carbocycles. The number of nitro groups is 1. The Morgan fingerprint density at radius 1 is 1.06 bits per heavy atom. The zero-order valence-corrected chi connectivity index (χ0v) is 20.7. The molecular formula is C25H20IN3O6. The van der Waals surface area contributed by atoms with Crippen molar-refractivity contribution in [3.63, 3.8) is 0 Å². The molecule has 0 atom stereocenters. The lowest BCUT2D eigenvalue weighted by atomic mass is 10.1. The summed E-state index contributed by atoms with van der Waals surface area (Å²) in [5.74, 6) is 0.472. The van der Waals surface area contributed by atoms with Crippen LogP contribution in [0.1, 0.15) is 16.7 Å². The second-order valence-corrected chi connectivity index (χ2v) is 8.78. The third-order valence-corrected chi connectivity index (χ3v) is 6.01. The molecule has 1 aliphatic rings. The molecule has 0 spiro atoms. The van der Waals surface area contributed by atoms with Gasteiger partial charge in [0, 0.05) is 12.1 Å². The number of imide groups is 1. The van der Waals surface area contributed by atoms with Crippen molar-refractivity contribution < 1.29 is 24.0 Å². The van der Waals surface area contributed by atoms with E-state index in [9.17, 15) is 19.7 Å². The Hall–Kier alpha value is -3.93. The van der Waals surface area contributed by atoms with E-state index < -0.39 is 16.9 Å². The minimum atomic E-state index is -0.483. The minimum Gasteiger partial charge on any atom is -0.493 e. The maximum Gasteiger partial charge on any atom is 0.329 e. The van der Waals surface area contributed by atoms with E-state index in [-0.39, 0.29) is 24.5 Å². The molecule has 0 aromatic heterocycles. The van der Waals surface area contributed by atoms with Crippen molar-refractivity contribution in [2.24, 2.45) is 0 Å². The molecule has 4 rings (SSSR count). The normalized spacial score (nSPS) is 14.2.